The van der Waals surface area contributed by atoms with Crippen molar-refractivity contribution in [1.82, 2.24) is 0 Å². The number of benzene rings is 2. The molecule has 2 aromatic carbocycles. The van der Waals surface area contributed by atoms with Gasteiger partial charge in [-0.15, -0.1) is 0 Å². The van der Waals surface area contributed by atoms with Crippen molar-refractivity contribution in [3.63, 3.8) is 0 Å². The molecule has 0 bridgehead atoms. The van der Waals surface area contributed by atoms with Gasteiger partial charge in [0, 0.05) is 6.07 Å². The molecule has 0 fully saturated rings. The fourth-order valence-corrected chi connectivity index (χ4v) is 5.49. The number of fused-ring (bicyclic) bond motifs is 5. The Morgan fingerprint density at radius 3 is 2.47 bits per heavy atom. The third-order valence-electron chi connectivity index (χ3n) is 7.33. The number of unbranched alkanes of at least 4 members (excludes halogenated alkanes) is 4. The highest BCUT2D eigenvalue weighted by atomic mass is 15.0. The van der Waals surface area contributed by atoms with Gasteiger partial charge >= 0.3 is 0 Å². The SMILES string of the molecule is CCCCCc1ccc2c(c1)-c1c3ccccc3cc[n+]1CC2(CC)CCCCC. The predicted molar refractivity (Wildman–Crippen MR) is 129 cm³/mol. The molecule has 3 aromatic rings. The van der Waals surface area contributed by atoms with Crippen LogP contribution in [0.5, 0.6) is 0 Å². The molecule has 1 aliphatic rings. The number of rotatable bonds is 9. The van der Waals surface area contributed by atoms with Crippen molar-refractivity contribution in [1.29, 1.82) is 0 Å². The summed E-state index contributed by atoms with van der Waals surface area (Å²) in [6, 6.07) is 18.7. The summed E-state index contributed by atoms with van der Waals surface area (Å²) < 4.78 is 2.57. The average molecular weight is 401 g/mol. The monoisotopic (exact) mass is 400 g/mol. The van der Waals surface area contributed by atoms with E-state index in [4.69, 9.17) is 0 Å². The normalized spacial score (nSPS) is 17.7. The molecule has 1 nitrogen and oxygen atoms in total. The summed E-state index contributed by atoms with van der Waals surface area (Å²) in [4.78, 5) is 0. The summed E-state index contributed by atoms with van der Waals surface area (Å²) in [6.07, 6.45) is 13.9. The summed E-state index contributed by atoms with van der Waals surface area (Å²) in [5, 5.41) is 2.74. The lowest BCUT2D eigenvalue weighted by atomic mass is 9.69. The third kappa shape index (κ3) is 3.92. The number of hydrogen-bond donors (Lipinski definition) is 0. The van der Waals surface area contributed by atoms with Gasteiger partial charge in [0.05, 0.1) is 16.4 Å². The lowest BCUT2D eigenvalue weighted by molar-refractivity contribution is -0.696. The van der Waals surface area contributed by atoms with Crippen LogP contribution in [-0.4, -0.2) is 0 Å². The number of pyridine rings is 1. The molecule has 0 N–H and O–H groups in total. The molecule has 0 saturated carbocycles. The zero-order chi connectivity index (χ0) is 21.0. The van der Waals surface area contributed by atoms with E-state index in [1.165, 1.54) is 85.4 Å². The van der Waals surface area contributed by atoms with E-state index >= 15 is 0 Å². The molecular formula is C29H38N+. The van der Waals surface area contributed by atoms with E-state index in [1.54, 1.807) is 5.56 Å². The third-order valence-corrected chi connectivity index (χ3v) is 7.33. The van der Waals surface area contributed by atoms with E-state index in [1.807, 2.05) is 0 Å². The molecule has 158 valence electrons. The van der Waals surface area contributed by atoms with E-state index in [-0.39, 0.29) is 5.41 Å². The van der Waals surface area contributed by atoms with Crippen LogP contribution in [0.1, 0.15) is 83.3 Å². The van der Waals surface area contributed by atoms with Gasteiger partial charge in [-0.3, -0.25) is 0 Å². The lowest BCUT2D eigenvalue weighted by Crippen LogP contribution is -2.51. The molecular weight excluding hydrogens is 362 g/mol. The Hall–Kier alpha value is -2.15. The Labute approximate surface area is 183 Å². The largest absolute Gasteiger partial charge is 0.220 e. The molecule has 30 heavy (non-hydrogen) atoms. The van der Waals surface area contributed by atoms with Gasteiger partial charge < -0.3 is 0 Å². The molecule has 1 aliphatic heterocycles. The molecule has 2 heterocycles. The van der Waals surface area contributed by atoms with Crippen LogP contribution in [0.3, 0.4) is 0 Å². The maximum atomic E-state index is 2.57. The molecule has 0 amide bonds. The lowest BCUT2D eigenvalue weighted by Gasteiger charge is -2.36. The van der Waals surface area contributed by atoms with Crippen molar-refractivity contribution in [2.45, 2.75) is 90.5 Å². The van der Waals surface area contributed by atoms with Gasteiger partial charge in [0.25, 0.3) is 0 Å². The van der Waals surface area contributed by atoms with Gasteiger partial charge in [-0.25, -0.2) is 0 Å². The van der Waals surface area contributed by atoms with Gasteiger partial charge in [0.15, 0.2) is 12.7 Å². The summed E-state index contributed by atoms with van der Waals surface area (Å²) >= 11 is 0. The number of aryl methyl sites for hydroxylation is 1. The first-order valence-corrected chi connectivity index (χ1v) is 12.3. The van der Waals surface area contributed by atoms with E-state index in [9.17, 15) is 0 Å². The van der Waals surface area contributed by atoms with Crippen LogP contribution in [0, 0.1) is 0 Å². The maximum Gasteiger partial charge on any atom is 0.220 e. The second-order valence-electron chi connectivity index (χ2n) is 9.31. The minimum atomic E-state index is 0.257. The standard InChI is InChI=1S/C29H38N/c1-4-7-9-13-23-16-17-27-26(21-23)28-25-15-11-10-14-24(25)18-20-30(28)22-29(27,6-3)19-12-8-5-2/h10-11,14-18,20-21H,4-9,12-13,19,22H2,1-3H3/q+1. The fraction of sp³-hybridized carbons (Fsp3) is 0.483. The Morgan fingerprint density at radius 1 is 0.867 bits per heavy atom. The summed E-state index contributed by atoms with van der Waals surface area (Å²) in [7, 11) is 0. The highest BCUT2D eigenvalue weighted by Gasteiger charge is 2.42. The van der Waals surface area contributed by atoms with Crippen molar-refractivity contribution >= 4 is 10.8 Å². The van der Waals surface area contributed by atoms with Crippen molar-refractivity contribution in [2.24, 2.45) is 0 Å². The Bertz CT molecular complexity index is 1000. The van der Waals surface area contributed by atoms with Gasteiger partial charge in [0.2, 0.25) is 5.69 Å². The van der Waals surface area contributed by atoms with E-state index in [2.05, 4.69) is 80.1 Å². The van der Waals surface area contributed by atoms with Crippen molar-refractivity contribution < 1.29 is 4.57 Å². The molecule has 1 unspecified atom stereocenters. The average Bonchev–Trinajstić information content (AvgIpc) is 2.79. The molecule has 1 aromatic heterocycles. The highest BCUT2D eigenvalue weighted by Crippen LogP contribution is 2.44. The summed E-state index contributed by atoms with van der Waals surface area (Å²) in [5.74, 6) is 0. The number of hydrogen-bond acceptors (Lipinski definition) is 0. The Balaban J connectivity index is 1.86. The van der Waals surface area contributed by atoms with Crippen LogP contribution < -0.4 is 4.57 Å². The molecule has 0 spiro atoms. The summed E-state index contributed by atoms with van der Waals surface area (Å²) in [6.45, 7) is 8.11. The van der Waals surface area contributed by atoms with Gasteiger partial charge in [-0.1, -0.05) is 83.2 Å². The quantitative estimate of drug-likeness (QED) is 0.255. The predicted octanol–water partition coefficient (Wildman–Crippen LogP) is 7.77. The van der Waals surface area contributed by atoms with E-state index < -0.39 is 0 Å². The van der Waals surface area contributed by atoms with E-state index in [0.29, 0.717) is 0 Å². The van der Waals surface area contributed by atoms with Crippen molar-refractivity contribution in [3.05, 3.63) is 65.9 Å². The fourth-order valence-electron chi connectivity index (χ4n) is 5.49. The van der Waals surface area contributed by atoms with Crippen LogP contribution >= 0.6 is 0 Å². The number of nitrogens with zero attached hydrogens (tertiary/aromatic N) is 1. The molecule has 0 aliphatic carbocycles. The van der Waals surface area contributed by atoms with Gasteiger partial charge in [0.1, 0.15) is 0 Å². The molecule has 4 rings (SSSR count). The van der Waals surface area contributed by atoms with Gasteiger partial charge in [-0.05, 0) is 54.3 Å². The highest BCUT2D eigenvalue weighted by molar-refractivity contribution is 5.94. The van der Waals surface area contributed by atoms with Crippen LogP contribution in [0.15, 0.2) is 54.7 Å². The van der Waals surface area contributed by atoms with Crippen LogP contribution in [0.25, 0.3) is 22.0 Å². The van der Waals surface area contributed by atoms with Gasteiger partial charge in [-0.2, -0.15) is 4.57 Å². The topological polar surface area (TPSA) is 3.88 Å². The minimum Gasteiger partial charge on any atom is -0.197 e. The maximum absolute atomic E-state index is 2.57. The zero-order valence-electron chi connectivity index (χ0n) is 19.2. The molecule has 0 saturated heterocycles. The van der Waals surface area contributed by atoms with Crippen LogP contribution in [0.4, 0.5) is 0 Å². The first-order chi connectivity index (χ1) is 14.7. The Morgan fingerprint density at radius 2 is 1.67 bits per heavy atom. The second kappa shape index (κ2) is 9.33. The van der Waals surface area contributed by atoms with Crippen molar-refractivity contribution in [2.75, 3.05) is 0 Å². The minimum absolute atomic E-state index is 0.257. The molecule has 1 atom stereocenters. The molecule has 0 radical (unpaired) electrons. The van der Waals surface area contributed by atoms with Crippen LogP contribution in [-0.2, 0) is 18.4 Å². The van der Waals surface area contributed by atoms with Crippen molar-refractivity contribution in [3.8, 4) is 11.3 Å². The molecule has 1 heteroatoms. The smallest absolute Gasteiger partial charge is 0.197 e. The Kier molecular flexibility index (Phi) is 6.56. The second-order valence-corrected chi connectivity index (χ2v) is 9.31. The zero-order valence-corrected chi connectivity index (χ0v) is 19.2. The summed E-state index contributed by atoms with van der Waals surface area (Å²) in [5.41, 5.74) is 6.27. The van der Waals surface area contributed by atoms with E-state index in [0.717, 1.165) is 6.54 Å². The van der Waals surface area contributed by atoms with Crippen LogP contribution in [0.2, 0.25) is 0 Å². The first-order valence-electron chi connectivity index (χ1n) is 12.3. The first kappa shape index (κ1) is 21.1. The number of aromatic nitrogens is 1.